The summed E-state index contributed by atoms with van der Waals surface area (Å²) < 4.78 is 0. The van der Waals surface area contributed by atoms with Gasteiger partial charge in [0.25, 0.3) is 0 Å². The van der Waals surface area contributed by atoms with Gasteiger partial charge in [0.15, 0.2) is 0 Å². The van der Waals surface area contributed by atoms with Crippen LogP contribution in [0.3, 0.4) is 0 Å². The van der Waals surface area contributed by atoms with Gasteiger partial charge in [-0.1, -0.05) is 0 Å². The molecule has 1 aliphatic heterocycles. The second-order valence-electron chi connectivity index (χ2n) is 1.92. The number of hydrazine groups is 1. The van der Waals surface area contributed by atoms with Crippen molar-refractivity contribution >= 4 is 0 Å². The minimum Gasteiger partial charge on any atom is -0.258 e. The second-order valence-corrected chi connectivity index (χ2v) is 1.92. The highest BCUT2D eigenvalue weighted by Gasteiger charge is 2.11. The molecule has 0 radical (unpaired) electrons. The summed E-state index contributed by atoms with van der Waals surface area (Å²) in [5, 5.41) is 8.21. The van der Waals surface area contributed by atoms with Gasteiger partial charge in [-0.05, 0) is 6.42 Å². The van der Waals surface area contributed by atoms with Crippen LogP contribution in [0.2, 0.25) is 0 Å². The van der Waals surface area contributed by atoms with Gasteiger partial charge in [0.2, 0.25) is 0 Å². The third-order valence-electron chi connectivity index (χ3n) is 1.26. The fourth-order valence-corrected chi connectivity index (χ4v) is 0.798. The Balaban J connectivity index is 2.17. The number of nitrogens with one attached hydrogen (secondary N) is 2. The molecule has 44 valence electrons. The van der Waals surface area contributed by atoms with E-state index in [0.717, 1.165) is 13.0 Å². The zero-order valence-corrected chi connectivity index (χ0v) is 4.65. The second kappa shape index (κ2) is 2.65. The van der Waals surface area contributed by atoms with E-state index < -0.39 is 0 Å². The van der Waals surface area contributed by atoms with E-state index in [1.54, 1.807) is 0 Å². The normalized spacial score (nSPS) is 27.6. The smallest absolute Gasteiger partial charge is 0.0638 e. The van der Waals surface area contributed by atoms with Crippen molar-refractivity contribution in [2.24, 2.45) is 0 Å². The van der Waals surface area contributed by atoms with Crippen molar-refractivity contribution in [1.82, 2.24) is 10.9 Å². The average molecular weight is 111 g/mol. The topological polar surface area (TPSA) is 47.9 Å². The van der Waals surface area contributed by atoms with Crippen molar-refractivity contribution in [2.45, 2.75) is 18.9 Å². The number of nitrogens with zero attached hydrogens (tertiary/aromatic N) is 1. The predicted molar refractivity (Wildman–Crippen MR) is 29.8 cm³/mol. The van der Waals surface area contributed by atoms with Crippen molar-refractivity contribution in [3.8, 4) is 6.07 Å². The lowest BCUT2D eigenvalue weighted by molar-refractivity contribution is 0.564. The maximum absolute atomic E-state index is 8.21. The van der Waals surface area contributed by atoms with Crippen LogP contribution in [-0.2, 0) is 0 Å². The Morgan fingerprint density at radius 3 is 3.12 bits per heavy atom. The van der Waals surface area contributed by atoms with Crippen molar-refractivity contribution in [2.75, 3.05) is 6.54 Å². The molecule has 0 aromatic heterocycles. The van der Waals surface area contributed by atoms with Crippen LogP contribution in [0, 0.1) is 11.3 Å². The Hall–Kier alpha value is -0.590. The Kier molecular flexibility index (Phi) is 1.84. The third kappa shape index (κ3) is 1.19. The number of hydrogen-bond acceptors (Lipinski definition) is 3. The molecule has 0 bridgehead atoms. The molecule has 3 nitrogen and oxygen atoms in total. The third-order valence-corrected chi connectivity index (χ3v) is 1.26. The summed E-state index contributed by atoms with van der Waals surface area (Å²) in [6, 6.07) is 2.50. The zero-order chi connectivity index (χ0) is 5.82. The maximum atomic E-state index is 8.21. The first-order chi connectivity index (χ1) is 3.93. The van der Waals surface area contributed by atoms with Crippen molar-refractivity contribution < 1.29 is 0 Å². The molecule has 1 heterocycles. The molecule has 1 unspecified atom stereocenters. The van der Waals surface area contributed by atoms with E-state index in [1.165, 1.54) is 0 Å². The molecule has 0 saturated carbocycles. The number of nitriles is 1. The highest BCUT2D eigenvalue weighted by Crippen LogP contribution is 1.98. The Bertz CT molecular complexity index is 98.7. The molecule has 0 spiro atoms. The summed E-state index contributed by atoms with van der Waals surface area (Å²) in [6.07, 6.45) is 1.70. The first-order valence-corrected chi connectivity index (χ1v) is 2.79. The van der Waals surface area contributed by atoms with Crippen LogP contribution >= 0.6 is 0 Å². The first-order valence-electron chi connectivity index (χ1n) is 2.79. The molecule has 0 amide bonds. The Morgan fingerprint density at radius 2 is 2.62 bits per heavy atom. The molecule has 0 aromatic carbocycles. The van der Waals surface area contributed by atoms with E-state index in [4.69, 9.17) is 5.26 Å². The Labute approximate surface area is 48.7 Å². The van der Waals surface area contributed by atoms with E-state index in [1.807, 2.05) is 0 Å². The van der Waals surface area contributed by atoms with Gasteiger partial charge in [-0.25, -0.2) is 0 Å². The van der Waals surface area contributed by atoms with Crippen molar-refractivity contribution in [3.05, 3.63) is 0 Å². The van der Waals surface area contributed by atoms with E-state index >= 15 is 0 Å². The highest BCUT2D eigenvalue weighted by atomic mass is 15.4. The predicted octanol–water partition coefficient (Wildman–Crippen LogP) is -0.233. The van der Waals surface area contributed by atoms with Crippen LogP contribution in [-0.4, -0.2) is 12.6 Å². The highest BCUT2D eigenvalue weighted by molar-refractivity contribution is 4.82. The fourth-order valence-electron chi connectivity index (χ4n) is 0.798. The molecule has 1 fully saturated rings. The molecular weight excluding hydrogens is 102 g/mol. The van der Waals surface area contributed by atoms with Gasteiger partial charge in [-0.3, -0.25) is 10.9 Å². The SMILES string of the molecule is N#CCC1CCNN1. The molecule has 3 heteroatoms. The van der Waals surface area contributed by atoms with Crippen LogP contribution in [0.4, 0.5) is 0 Å². The molecule has 2 N–H and O–H groups in total. The monoisotopic (exact) mass is 111 g/mol. The van der Waals surface area contributed by atoms with Crippen LogP contribution in [0.15, 0.2) is 0 Å². The van der Waals surface area contributed by atoms with Gasteiger partial charge in [0.1, 0.15) is 0 Å². The first kappa shape index (κ1) is 5.54. The summed E-state index contributed by atoms with van der Waals surface area (Å²) in [5.74, 6) is 0. The summed E-state index contributed by atoms with van der Waals surface area (Å²) in [7, 11) is 0. The molecule has 0 aliphatic carbocycles. The summed E-state index contributed by atoms with van der Waals surface area (Å²) >= 11 is 0. The van der Waals surface area contributed by atoms with Gasteiger partial charge < -0.3 is 0 Å². The lowest BCUT2D eigenvalue weighted by Gasteiger charge is -1.99. The van der Waals surface area contributed by atoms with Gasteiger partial charge in [0.05, 0.1) is 12.5 Å². The molecule has 8 heavy (non-hydrogen) atoms. The maximum Gasteiger partial charge on any atom is 0.0638 e. The van der Waals surface area contributed by atoms with Gasteiger partial charge in [-0.2, -0.15) is 5.26 Å². The molecule has 1 saturated heterocycles. The van der Waals surface area contributed by atoms with E-state index in [2.05, 4.69) is 16.9 Å². The largest absolute Gasteiger partial charge is 0.258 e. The number of hydrogen-bond donors (Lipinski definition) is 2. The van der Waals surface area contributed by atoms with Gasteiger partial charge >= 0.3 is 0 Å². The van der Waals surface area contributed by atoms with Crippen molar-refractivity contribution in [3.63, 3.8) is 0 Å². The van der Waals surface area contributed by atoms with Crippen LogP contribution in [0.5, 0.6) is 0 Å². The molecule has 1 aliphatic rings. The van der Waals surface area contributed by atoms with Gasteiger partial charge in [0, 0.05) is 12.6 Å². The zero-order valence-electron chi connectivity index (χ0n) is 4.65. The molecular formula is C5H9N3. The standard InChI is InChI=1S/C5H9N3/c6-3-1-5-2-4-7-8-5/h5,7-8H,1-2,4H2. The summed E-state index contributed by atoms with van der Waals surface area (Å²) in [5.41, 5.74) is 5.94. The summed E-state index contributed by atoms with van der Waals surface area (Å²) in [6.45, 7) is 0.992. The quantitative estimate of drug-likeness (QED) is 0.491. The minimum absolute atomic E-state index is 0.389. The average Bonchev–Trinajstić information content (AvgIpc) is 2.19. The van der Waals surface area contributed by atoms with Crippen LogP contribution < -0.4 is 10.9 Å². The number of rotatable bonds is 1. The van der Waals surface area contributed by atoms with Crippen molar-refractivity contribution in [1.29, 1.82) is 5.26 Å². The lowest BCUT2D eigenvalue weighted by Crippen LogP contribution is -2.29. The summed E-state index contributed by atoms with van der Waals surface area (Å²) in [4.78, 5) is 0. The van der Waals surface area contributed by atoms with E-state index in [9.17, 15) is 0 Å². The fraction of sp³-hybridized carbons (Fsp3) is 0.800. The Morgan fingerprint density at radius 1 is 1.75 bits per heavy atom. The van der Waals surface area contributed by atoms with Gasteiger partial charge in [-0.15, -0.1) is 0 Å². The van der Waals surface area contributed by atoms with Crippen LogP contribution in [0.1, 0.15) is 12.8 Å². The van der Waals surface area contributed by atoms with E-state index in [-0.39, 0.29) is 0 Å². The molecule has 1 atom stereocenters. The molecule has 0 aromatic rings. The van der Waals surface area contributed by atoms with Crippen LogP contribution in [0.25, 0.3) is 0 Å². The lowest BCUT2D eigenvalue weighted by atomic mass is 10.2. The minimum atomic E-state index is 0.389. The molecule has 1 rings (SSSR count). The van der Waals surface area contributed by atoms with E-state index in [0.29, 0.717) is 12.5 Å².